The van der Waals surface area contributed by atoms with Gasteiger partial charge in [-0.15, -0.1) is 0 Å². The lowest BCUT2D eigenvalue weighted by atomic mass is 9.34. The fraction of sp³-hybridized carbons (Fsp3) is 0.784. The predicted molar refractivity (Wildman–Crippen MR) is 164 cm³/mol. The van der Waals surface area contributed by atoms with Crippen molar-refractivity contribution in [1.29, 1.82) is 5.26 Å². The third-order valence-electron chi connectivity index (χ3n) is 14.4. The van der Waals surface area contributed by atoms with E-state index in [1.165, 1.54) is 4.90 Å². The molecule has 44 heavy (non-hydrogen) atoms. The molecule has 1 heterocycles. The molecule has 5 nitrogen and oxygen atoms in total. The third kappa shape index (κ3) is 4.28. The van der Waals surface area contributed by atoms with Crippen LogP contribution in [-0.2, 0) is 14.4 Å². The Hall–Kier alpha value is -2.36. The molecule has 0 aromatic carbocycles. The van der Waals surface area contributed by atoms with Crippen LogP contribution >= 0.6 is 0 Å². The Morgan fingerprint density at radius 1 is 1.00 bits per heavy atom. The Labute approximate surface area is 261 Å². The number of likely N-dealkylation sites (tertiary alicyclic amines) is 1. The SMILES string of the molecule is CC1(C)CC[C@]2(CCC(=O)N3CCC(F)(F)C3)CC[C@]3(C)C(C(=O)C=C4[C@@]5(C)C=C(C#N)C(=O)C(C)(C)[C@@H]5CC[C@]43C)C2C1. The molecule has 0 spiro atoms. The topological polar surface area (TPSA) is 78.2 Å². The van der Waals surface area contributed by atoms with Gasteiger partial charge in [0.15, 0.2) is 11.6 Å². The van der Waals surface area contributed by atoms with E-state index in [1.807, 2.05) is 26.0 Å². The lowest BCUT2D eigenvalue weighted by Crippen LogP contribution is -2.64. The van der Waals surface area contributed by atoms with Crippen molar-refractivity contribution < 1.29 is 23.2 Å². The first-order chi connectivity index (χ1) is 20.3. The zero-order valence-corrected chi connectivity index (χ0v) is 27.7. The Balaban J connectivity index is 1.39. The molecule has 0 aromatic rings. The fourth-order valence-corrected chi connectivity index (χ4v) is 11.6. The van der Waals surface area contributed by atoms with Crippen LogP contribution in [0.2, 0.25) is 0 Å². The summed E-state index contributed by atoms with van der Waals surface area (Å²) in [5.41, 5.74) is -0.653. The highest BCUT2D eigenvalue weighted by molar-refractivity contribution is 6.04. The maximum atomic E-state index is 14.7. The van der Waals surface area contributed by atoms with Gasteiger partial charge in [-0.1, -0.05) is 60.1 Å². The molecule has 6 rings (SSSR count). The number of rotatable bonds is 3. The van der Waals surface area contributed by atoms with Gasteiger partial charge in [0.25, 0.3) is 5.92 Å². The summed E-state index contributed by atoms with van der Waals surface area (Å²) in [6.45, 7) is 14.9. The first-order valence-corrected chi connectivity index (χ1v) is 16.9. The van der Waals surface area contributed by atoms with Crippen LogP contribution in [0.3, 0.4) is 0 Å². The Morgan fingerprint density at radius 2 is 1.68 bits per heavy atom. The molecule has 6 aliphatic rings. The van der Waals surface area contributed by atoms with E-state index in [9.17, 15) is 28.4 Å². The molecule has 5 aliphatic carbocycles. The zero-order valence-electron chi connectivity index (χ0n) is 27.7. The van der Waals surface area contributed by atoms with Crippen LogP contribution in [0.1, 0.15) is 113 Å². The second-order valence-corrected chi connectivity index (χ2v) is 17.5. The summed E-state index contributed by atoms with van der Waals surface area (Å²) in [4.78, 5) is 42.5. The lowest BCUT2D eigenvalue weighted by Gasteiger charge is -2.69. The fourth-order valence-electron chi connectivity index (χ4n) is 11.6. The largest absolute Gasteiger partial charge is 0.336 e. The van der Waals surface area contributed by atoms with Crippen molar-refractivity contribution in [2.45, 2.75) is 119 Å². The van der Waals surface area contributed by atoms with Gasteiger partial charge in [-0.3, -0.25) is 14.4 Å². The van der Waals surface area contributed by atoms with Crippen LogP contribution in [0.5, 0.6) is 0 Å². The van der Waals surface area contributed by atoms with Crippen molar-refractivity contribution in [2.24, 2.45) is 50.2 Å². The first kappa shape index (κ1) is 31.6. The van der Waals surface area contributed by atoms with Crippen LogP contribution < -0.4 is 0 Å². The number of amides is 1. The number of alkyl halides is 2. The van der Waals surface area contributed by atoms with Gasteiger partial charge in [0.1, 0.15) is 6.07 Å². The molecule has 4 fully saturated rings. The van der Waals surface area contributed by atoms with Gasteiger partial charge in [-0.25, -0.2) is 8.78 Å². The number of hydrogen-bond donors (Lipinski definition) is 0. The summed E-state index contributed by atoms with van der Waals surface area (Å²) in [5.74, 6) is -3.00. The molecule has 0 radical (unpaired) electrons. The van der Waals surface area contributed by atoms with Crippen LogP contribution in [0, 0.1) is 61.6 Å². The standard InChI is InChI=1S/C37H50F2N2O3/c1-31(2)12-14-36(11-9-28(43)41-17-16-37(38,39)22-41)15-13-35(7)29(24(36)20-31)25(42)18-27-33(5)19-23(21-40)30(44)32(3,4)26(33)8-10-34(27,35)6/h18-19,24,26,29H,8-17,20,22H2,1-7H3/t24?,26-,29?,33-,34+,35+,36+/m0/s1. The molecular weight excluding hydrogens is 558 g/mol. The minimum Gasteiger partial charge on any atom is -0.336 e. The Morgan fingerprint density at radius 3 is 2.32 bits per heavy atom. The van der Waals surface area contributed by atoms with Gasteiger partial charge >= 0.3 is 0 Å². The quantitative estimate of drug-likeness (QED) is 0.327. The Kier molecular flexibility index (Phi) is 6.88. The minimum absolute atomic E-state index is 0.00662. The van der Waals surface area contributed by atoms with Crippen LogP contribution in [0.4, 0.5) is 8.78 Å². The highest BCUT2D eigenvalue weighted by atomic mass is 19.3. The molecule has 7 heteroatoms. The zero-order chi connectivity index (χ0) is 32.3. The molecule has 2 unspecified atom stereocenters. The third-order valence-corrected chi connectivity index (χ3v) is 14.4. The second-order valence-electron chi connectivity index (χ2n) is 17.5. The number of ketones is 2. The average Bonchev–Trinajstić information content (AvgIpc) is 3.30. The van der Waals surface area contributed by atoms with Crippen molar-refractivity contribution in [2.75, 3.05) is 13.1 Å². The summed E-state index contributed by atoms with van der Waals surface area (Å²) in [6, 6.07) is 2.18. The van der Waals surface area contributed by atoms with Crippen molar-refractivity contribution in [1.82, 2.24) is 4.90 Å². The van der Waals surface area contributed by atoms with Gasteiger partial charge < -0.3 is 4.90 Å². The molecule has 7 atom stereocenters. The molecule has 240 valence electrons. The molecule has 0 N–H and O–H groups in total. The van der Waals surface area contributed by atoms with Crippen LogP contribution in [0.15, 0.2) is 23.3 Å². The van der Waals surface area contributed by atoms with Crippen LogP contribution in [0.25, 0.3) is 0 Å². The van der Waals surface area contributed by atoms with E-state index in [0.717, 1.165) is 50.5 Å². The lowest BCUT2D eigenvalue weighted by molar-refractivity contribution is -0.173. The highest BCUT2D eigenvalue weighted by Gasteiger charge is 2.69. The number of carbonyl (C=O) groups excluding carboxylic acids is 3. The number of Topliss-reactive ketones (excluding diaryl/α,β-unsaturated/α-hetero) is 1. The Bertz CT molecular complexity index is 1420. The molecule has 0 aromatic heterocycles. The van der Waals surface area contributed by atoms with E-state index in [1.54, 1.807) is 0 Å². The number of allylic oxidation sites excluding steroid dienone is 4. The van der Waals surface area contributed by atoms with E-state index in [2.05, 4.69) is 40.7 Å². The van der Waals surface area contributed by atoms with E-state index in [4.69, 9.17) is 0 Å². The van der Waals surface area contributed by atoms with Crippen molar-refractivity contribution in [3.63, 3.8) is 0 Å². The van der Waals surface area contributed by atoms with Gasteiger partial charge in [-0.05, 0) is 90.9 Å². The summed E-state index contributed by atoms with van der Waals surface area (Å²) < 4.78 is 27.8. The van der Waals surface area contributed by atoms with Crippen molar-refractivity contribution in [3.05, 3.63) is 23.3 Å². The maximum absolute atomic E-state index is 14.7. The molecular formula is C37H50F2N2O3. The van der Waals surface area contributed by atoms with Gasteiger partial charge in [0, 0.05) is 36.1 Å². The number of carbonyl (C=O) groups is 3. The number of nitriles is 1. The monoisotopic (exact) mass is 608 g/mol. The average molecular weight is 609 g/mol. The van der Waals surface area contributed by atoms with E-state index in [0.29, 0.717) is 6.42 Å². The number of fused-ring (bicyclic) bond motifs is 7. The van der Waals surface area contributed by atoms with Crippen LogP contribution in [-0.4, -0.2) is 41.4 Å². The van der Waals surface area contributed by atoms with E-state index < -0.39 is 23.3 Å². The molecule has 3 saturated carbocycles. The van der Waals surface area contributed by atoms with Gasteiger partial charge in [-0.2, -0.15) is 5.26 Å². The molecule has 1 aliphatic heterocycles. The van der Waals surface area contributed by atoms with Crippen molar-refractivity contribution in [3.8, 4) is 6.07 Å². The number of hydrogen-bond acceptors (Lipinski definition) is 4. The summed E-state index contributed by atoms with van der Waals surface area (Å²) >= 11 is 0. The van der Waals surface area contributed by atoms with Crippen molar-refractivity contribution >= 4 is 17.5 Å². The smallest absolute Gasteiger partial charge is 0.267 e. The molecule has 1 amide bonds. The highest BCUT2D eigenvalue weighted by Crippen LogP contribution is 2.75. The minimum atomic E-state index is -2.80. The van der Waals surface area contributed by atoms with E-state index in [-0.39, 0.29) is 81.8 Å². The summed E-state index contributed by atoms with van der Waals surface area (Å²) in [5, 5.41) is 9.95. The predicted octanol–water partition coefficient (Wildman–Crippen LogP) is 7.85. The van der Waals surface area contributed by atoms with Gasteiger partial charge in [0.2, 0.25) is 5.91 Å². The van der Waals surface area contributed by atoms with E-state index >= 15 is 0 Å². The molecule has 0 bridgehead atoms. The summed E-state index contributed by atoms with van der Waals surface area (Å²) in [6.07, 6.45) is 10.9. The maximum Gasteiger partial charge on any atom is 0.267 e. The van der Waals surface area contributed by atoms with Gasteiger partial charge in [0.05, 0.1) is 12.1 Å². The first-order valence-electron chi connectivity index (χ1n) is 16.9. The normalized spacial score (nSPS) is 43.5. The number of nitrogens with zero attached hydrogens (tertiary/aromatic N) is 2. The molecule has 1 saturated heterocycles. The summed E-state index contributed by atoms with van der Waals surface area (Å²) in [7, 11) is 0. The number of halogens is 2. The second kappa shape index (κ2) is 9.58.